The molecule has 1 aliphatic heterocycles. The molecule has 0 aliphatic carbocycles. The fourth-order valence-electron chi connectivity index (χ4n) is 3.95. The Morgan fingerprint density at radius 1 is 1.00 bits per heavy atom. The molecule has 2 N–H and O–H groups in total. The highest BCUT2D eigenvalue weighted by molar-refractivity contribution is 6.12. The Morgan fingerprint density at radius 3 is 2.40 bits per heavy atom. The second kappa shape index (κ2) is 7.76. The molecule has 2 amide bonds. The Kier molecular flexibility index (Phi) is 5.14. The standard InChI is InChI=1S/C25H24N2O3/c1-3-18-8-4-6-10-21(18)26-23(28)16-27-22-11-7-5-9-20(22)25(30,24(27)29)19-14-12-17(2)13-15-19/h4-15,30H,3,16H2,1-2H3,(H,26,28). The maximum Gasteiger partial charge on any atom is 0.268 e. The number of nitrogens with one attached hydrogen (secondary N) is 1. The minimum Gasteiger partial charge on any atom is -0.372 e. The second-order valence-electron chi connectivity index (χ2n) is 7.54. The van der Waals surface area contributed by atoms with Crippen molar-refractivity contribution in [3.05, 3.63) is 95.1 Å². The summed E-state index contributed by atoms with van der Waals surface area (Å²) in [5.41, 5.74) is 2.50. The highest BCUT2D eigenvalue weighted by Gasteiger charge is 2.51. The number of fused-ring (bicyclic) bond motifs is 1. The third-order valence-electron chi connectivity index (χ3n) is 5.58. The summed E-state index contributed by atoms with van der Waals surface area (Å²) in [5, 5.41) is 14.4. The van der Waals surface area contributed by atoms with Gasteiger partial charge in [0.2, 0.25) is 5.91 Å². The van der Waals surface area contributed by atoms with E-state index in [-0.39, 0.29) is 12.5 Å². The molecule has 5 heteroatoms. The number of amides is 2. The van der Waals surface area contributed by atoms with E-state index < -0.39 is 11.5 Å². The normalized spacial score (nSPS) is 17.7. The molecule has 0 saturated carbocycles. The summed E-state index contributed by atoms with van der Waals surface area (Å²) in [6.07, 6.45) is 0.787. The molecule has 1 atom stereocenters. The van der Waals surface area contributed by atoms with Gasteiger partial charge >= 0.3 is 0 Å². The number of hydrogen-bond donors (Lipinski definition) is 2. The van der Waals surface area contributed by atoms with Gasteiger partial charge in [0.05, 0.1) is 5.69 Å². The maximum absolute atomic E-state index is 13.4. The van der Waals surface area contributed by atoms with Crippen LogP contribution in [0.15, 0.2) is 72.8 Å². The van der Waals surface area contributed by atoms with Gasteiger partial charge in [0.25, 0.3) is 5.91 Å². The van der Waals surface area contributed by atoms with Crippen LogP contribution in [0.2, 0.25) is 0 Å². The summed E-state index contributed by atoms with van der Waals surface area (Å²) >= 11 is 0. The Bertz CT molecular complexity index is 1110. The van der Waals surface area contributed by atoms with Crippen molar-refractivity contribution < 1.29 is 14.7 Å². The first-order valence-electron chi connectivity index (χ1n) is 10.0. The van der Waals surface area contributed by atoms with Gasteiger partial charge in [-0.3, -0.25) is 14.5 Å². The molecule has 5 nitrogen and oxygen atoms in total. The molecule has 1 heterocycles. The van der Waals surface area contributed by atoms with Gasteiger partial charge in [-0.15, -0.1) is 0 Å². The van der Waals surface area contributed by atoms with Gasteiger partial charge in [0.1, 0.15) is 6.54 Å². The van der Waals surface area contributed by atoms with E-state index in [9.17, 15) is 14.7 Å². The Hall–Kier alpha value is -3.44. The van der Waals surface area contributed by atoms with E-state index in [1.807, 2.05) is 50.2 Å². The summed E-state index contributed by atoms with van der Waals surface area (Å²) in [7, 11) is 0. The lowest BCUT2D eigenvalue weighted by Crippen LogP contribution is -2.44. The minimum absolute atomic E-state index is 0.179. The maximum atomic E-state index is 13.4. The number of carbonyl (C=O) groups excluding carboxylic acids is 2. The lowest BCUT2D eigenvalue weighted by molar-refractivity contribution is -0.133. The molecular weight excluding hydrogens is 376 g/mol. The number of nitrogens with zero attached hydrogens (tertiary/aromatic N) is 1. The van der Waals surface area contributed by atoms with Crippen LogP contribution >= 0.6 is 0 Å². The van der Waals surface area contributed by atoms with Gasteiger partial charge in [-0.05, 0) is 36.6 Å². The topological polar surface area (TPSA) is 69.6 Å². The molecule has 0 aromatic heterocycles. The van der Waals surface area contributed by atoms with Crippen molar-refractivity contribution in [2.75, 3.05) is 16.8 Å². The molecule has 0 fully saturated rings. The van der Waals surface area contributed by atoms with Crippen molar-refractivity contribution in [1.82, 2.24) is 0 Å². The number of rotatable bonds is 5. The van der Waals surface area contributed by atoms with Crippen LogP contribution in [0.25, 0.3) is 0 Å². The third kappa shape index (κ3) is 3.27. The van der Waals surface area contributed by atoms with Crippen LogP contribution in [0.4, 0.5) is 11.4 Å². The van der Waals surface area contributed by atoms with Gasteiger partial charge in [-0.2, -0.15) is 0 Å². The van der Waals surface area contributed by atoms with Crippen LogP contribution in [0, 0.1) is 6.92 Å². The summed E-state index contributed by atoms with van der Waals surface area (Å²) < 4.78 is 0. The van der Waals surface area contributed by atoms with Crippen LogP contribution < -0.4 is 10.2 Å². The average Bonchev–Trinajstić information content (AvgIpc) is 2.97. The lowest BCUT2D eigenvalue weighted by atomic mass is 9.87. The van der Waals surface area contributed by atoms with Crippen LogP contribution in [-0.4, -0.2) is 23.5 Å². The zero-order chi connectivity index (χ0) is 21.3. The van der Waals surface area contributed by atoms with Gasteiger partial charge in [0, 0.05) is 11.3 Å². The van der Waals surface area contributed by atoms with Crippen LogP contribution in [0.1, 0.15) is 29.2 Å². The average molecular weight is 400 g/mol. The van der Waals surface area contributed by atoms with E-state index in [0.717, 1.165) is 23.2 Å². The molecule has 1 unspecified atom stereocenters. The van der Waals surface area contributed by atoms with Crippen molar-refractivity contribution in [2.24, 2.45) is 0 Å². The fourth-order valence-corrected chi connectivity index (χ4v) is 3.95. The van der Waals surface area contributed by atoms with E-state index in [4.69, 9.17) is 0 Å². The number of benzene rings is 3. The van der Waals surface area contributed by atoms with Crippen LogP contribution in [0.3, 0.4) is 0 Å². The van der Waals surface area contributed by atoms with Crippen molar-refractivity contribution in [1.29, 1.82) is 0 Å². The van der Waals surface area contributed by atoms with E-state index in [1.165, 1.54) is 4.90 Å². The molecular formula is C25H24N2O3. The Balaban J connectivity index is 1.65. The zero-order valence-corrected chi connectivity index (χ0v) is 17.1. The molecule has 0 radical (unpaired) electrons. The highest BCUT2D eigenvalue weighted by atomic mass is 16.3. The number of aliphatic hydroxyl groups is 1. The predicted molar refractivity (Wildman–Crippen MR) is 117 cm³/mol. The molecule has 1 aliphatic rings. The van der Waals surface area contributed by atoms with E-state index >= 15 is 0 Å². The molecule has 0 saturated heterocycles. The van der Waals surface area contributed by atoms with E-state index in [1.54, 1.807) is 36.4 Å². The summed E-state index contributed by atoms with van der Waals surface area (Å²) in [5.74, 6) is -0.835. The minimum atomic E-state index is -1.81. The summed E-state index contributed by atoms with van der Waals surface area (Å²) in [6.45, 7) is 3.79. The first-order chi connectivity index (χ1) is 14.4. The first kappa shape index (κ1) is 19.9. The van der Waals surface area contributed by atoms with Crippen LogP contribution in [0.5, 0.6) is 0 Å². The first-order valence-corrected chi connectivity index (χ1v) is 10.0. The second-order valence-corrected chi connectivity index (χ2v) is 7.54. The fraction of sp³-hybridized carbons (Fsp3) is 0.200. The van der Waals surface area contributed by atoms with Crippen molar-refractivity contribution >= 4 is 23.2 Å². The van der Waals surface area contributed by atoms with Crippen molar-refractivity contribution in [2.45, 2.75) is 25.9 Å². The van der Waals surface area contributed by atoms with Crippen LogP contribution in [-0.2, 0) is 21.6 Å². The molecule has 0 spiro atoms. The molecule has 152 valence electrons. The highest BCUT2D eigenvalue weighted by Crippen LogP contribution is 2.44. The smallest absolute Gasteiger partial charge is 0.268 e. The van der Waals surface area contributed by atoms with Gasteiger partial charge in [0.15, 0.2) is 5.60 Å². The van der Waals surface area contributed by atoms with E-state index in [2.05, 4.69) is 5.32 Å². The number of aryl methyl sites for hydroxylation is 2. The Labute approximate surface area is 176 Å². The SMILES string of the molecule is CCc1ccccc1NC(=O)CN1C(=O)C(O)(c2ccc(C)cc2)c2ccccc21. The number of anilines is 2. The lowest BCUT2D eigenvalue weighted by Gasteiger charge is -2.24. The molecule has 0 bridgehead atoms. The van der Waals surface area contributed by atoms with E-state index in [0.29, 0.717) is 16.8 Å². The third-order valence-corrected chi connectivity index (χ3v) is 5.58. The quantitative estimate of drug-likeness (QED) is 0.685. The van der Waals surface area contributed by atoms with Crippen molar-refractivity contribution in [3.8, 4) is 0 Å². The zero-order valence-electron chi connectivity index (χ0n) is 17.1. The molecule has 3 aromatic carbocycles. The Morgan fingerprint density at radius 2 is 1.67 bits per heavy atom. The van der Waals surface area contributed by atoms with Crippen molar-refractivity contribution in [3.63, 3.8) is 0 Å². The summed E-state index contributed by atoms with van der Waals surface area (Å²) in [4.78, 5) is 27.5. The molecule has 30 heavy (non-hydrogen) atoms. The van der Waals surface area contributed by atoms with Gasteiger partial charge in [-0.25, -0.2) is 0 Å². The summed E-state index contributed by atoms with van der Waals surface area (Å²) in [6, 6.07) is 21.9. The number of para-hydroxylation sites is 2. The molecule has 4 rings (SSSR count). The monoisotopic (exact) mass is 400 g/mol. The largest absolute Gasteiger partial charge is 0.372 e. The number of hydrogen-bond acceptors (Lipinski definition) is 3. The van der Waals surface area contributed by atoms with Gasteiger partial charge in [-0.1, -0.05) is 73.2 Å². The molecule has 3 aromatic rings. The number of carbonyl (C=O) groups is 2. The predicted octanol–water partition coefficient (Wildman–Crippen LogP) is 3.78. The van der Waals surface area contributed by atoms with Gasteiger partial charge < -0.3 is 10.4 Å².